The molecule has 0 aliphatic heterocycles. The van der Waals surface area contributed by atoms with Crippen LogP contribution in [0.3, 0.4) is 0 Å². The van der Waals surface area contributed by atoms with Gasteiger partial charge in [0.2, 0.25) is 0 Å². The number of nitro groups is 1. The minimum Gasteiger partial charge on any atom is -0.379 e. The Morgan fingerprint density at radius 2 is 2.38 bits per heavy atom. The minimum absolute atomic E-state index is 0.0805. The lowest BCUT2D eigenvalue weighted by atomic mass is 10.2. The average molecular weight is 217 g/mol. The largest absolute Gasteiger partial charge is 0.379 e. The zero-order valence-corrected chi connectivity index (χ0v) is 8.64. The quantitative estimate of drug-likeness (QED) is 0.355. The smallest absolute Gasteiger partial charge is 0.293 e. The number of nitrogens with one attached hydrogen (secondary N) is 1. The van der Waals surface area contributed by atoms with Crippen molar-refractivity contribution in [3.63, 3.8) is 0 Å². The van der Waals surface area contributed by atoms with E-state index < -0.39 is 4.92 Å². The third kappa shape index (κ3) is 2.82. The van der Waals surface area contributed by atoms with Crippen LogP contribution in [-0.4, -0.2) is 11.5 Å². The zero-order valence-electron chi connectivity index (χ0n) is 8.64. The predicted octanol–water partition coefficient (Wildman–Crippen LogP) is 2.45. The van der Waals surface area contributed by atoms with Gasteiger partial charge in [0, 0.05) is 12.6 Å². The highest BCUT2D eigenvalue weighted by molar-refractivity contribution is 5.64. The van der Waals surface area contributed by atoms with Gasteiger partial charge in [0.1, 0.15) is 5.69 Å². The molecular weight excluding hydrogens is 206 g/mol. The summed E-state index contributed by atoms with van der Waals surface area (Å²) in [7, 11) is 0. The summed E-state index contributed by atoms with van der Waals surface area (Å²) in [6, 6.07) is 6.21. The van der Waals surface area contributed by atoms with Crippen LogP contribution in [0.2, 0.25) is 0 Å². The van der Waals surface area contributed by atoms with Crippen LogP contribution in [0.25, 0.3) is 0 Å². The number of rotatable bonds is 5. The molecule has 0 aromatic heterocycles. The molecule has 0 radical (unpaired) electrons. The molecule has 5 nitrogen and oxygen atoms in total. The van der Waals surface area contributed by atoms with Crippen molar-refractivity contribution in [2.45, 2.75) is 6.42 Å². The van der Waals surface area contributed by atoms with E-state index in [4.69, 9.17) is 5.26 Å². The molecule has 16 heavy (non-hydrogen) atoms. The molecule has 0 unspecified atom stereocenters. The molecule has 5 heteroatoms. The molecule has 0 saturated carbocycles. The first kappa shape index (κ1) is 11.7. The summed E-state index contributed by atoms with van der Waals surface area (Å²) in [5.74, 6) is 0. The molecule has 1 rings (SSSR count). The van der Waals surface area contributed by atoms with E-state index in [1.54, 1.807) is 18.2 Å². The Labute approximate surface area is 93.2 Å². The van der Waals surface area contributed by atoms with Crippen molar-refractivity contribution < 1.29 is 4.92 Å². The predicted molar refractivity (Wildman–Crippen MR) is 61.1 cm³/mol. The number of hydrogen-bond donors (Lipinski definition) is 1. The first-order valence-corrected chi connectivity index (χ1v) is 4.72. The van der Waals surface area contributed by atoms with E-state index in [1.807, 2.05) is 6.07 Å². The van der Waals surface area contributed by atoms with Gasteiger partial charge in [-0.05, 0) is 18.6 Å². The second-order valence-electron chi connectivity index (χ2n) is 3.10. The fourth-order valence-corrected chi connectivity index (χ4v) is 1.21. The molecule has 0 aliphatic rings. The van der Waals surface area contributed by atoms with E-state index >= 15 is 0 Å². The van der Waals surface area contributed by atoms with Crippen LogP contribution in [-0.2, 0) is 0 Å². The number of benzene rings is 1. The fourth-order valence-electron chi connectivity index (χ4n) is 1.21. The van der Waals surface area contributed by atoms with Gasteiger partial charge >= 0.3 is 0 Å². The molecule has 82 valence electrons. The Hall–Kier alpha value is -2.35. The van der Waals surface area contributed by atoms with Crippen LogP contribution in [0, 0.1) is 21.4 Å². The number of nitrogens with zero attached hydrogens (tertiary/aromatic N) is 2. The summed E-state index contributed by atoms with van der Waals surface area (Å²) in [5.41, 5.74) is 0.620. The van der Waals surface area contributed by atoms with E-state index in [9.17, 15) is 10.1 Å². The van der Waals surface area contributed by atoms with Gasteiger partial charge in [0.15, 0.2) is 0 Å². The van der Waals surface area contributed by atoms with Crippen molar-refractivity contribution in [3.05, 3.63) is 46.5 Å². The van der Waals surface area contributed by atoms with Crippen molar-refractivity contribution >= 4 is 11.4 Å². The Bertz CT molecular complexity index is 449. The van der Waals surface area contributed by atoms with Crippen molar-refractivity contribution in [1.82, 2.24) is 0 Å². The monoisotopic (exact) mass is 217 g/mol. The maximum atomic E-state index is 10.8. The first-order chi connectivity index (χ1) is 7.69. The number of nitro benzene ring substituents is 1. The van der Waals surface area contributed by atoms with Crippen LogP contribution >= 0.6 is 0 Å². The summed E-state index contributed by atoms with van der Waals surface area (Å²) in [4.78, 5) is 10.3. The highest BCUT2D eigenvalue weighted by Gasteiger charge is 2.13. The van der Waals surface area contributed by atoms with Crippen LogP contribution in [0.4, 0.5) is 11.4 Å². The van der Waals surface area contributed by atoms with Crippen molar-refractivity contribution in [2.24, 2.45) is 0 Å². The number of nitriles is 1. The summed E-state index contributed by atoms with van der Waals surface area (Å²) < 4.78 is 0. The van der Waals surface area contributed by atoms with Gasteiger partial charge < -0.3 is 5.32 Å². The van der Waals surface area contributed by atoms with Crippen molar-refractivity contribution in [3.8, 4) is 6.07 Å². The van der Waals surface area contributed by atoms with Gasteiger partial charge in [0.25, 0.3) is 5.69 Å². The molecular formula is C11H11N3O2. The van der Waals surface area contributed by atoms with Crippen LogP contribution in [0.5, 0.6) is 0 Å². The molecule has 0 fully saturated rings. The fraction of sp³-hybridized carbons (Fsp3) is 0.182. The summed E-state index contributed by atoms with van der Waals surface area (Å²) in [6.45, 7) is 4.14. The zero-order chi connectivity index (χ0) is 12.0. The van der Waals surface area contributed by atoms with E-state index in [0.717, 1.165) is 6.42 Å². The Morgan fingerprint density at radius 1 is 1.62 bits per heavy atom. The molecule has 0 bridgehead atoms. The van der Waals surface area contributed by atoms with Crippen molar-refractivity contribution in [2.75, 3.05) is 11.9 Å². The van der Waals surface area contributed by atoms with Gasteiger partial charge in [0.05, 0.1) is 16.6 Å². The van der Waals surface area contributed by atoms with Gasteiger partial charge in [-0.25, -0.2) is 0 Å². The second kappa shape index (κ2) is 5.51. The lowest BCUT2D eigenvalue weighted by Gasteiger charge is -2.05. The Kier molecular flexibility index (Phi) is 4.04. The van der Waals surface area contributed by atoms with Gasteiger partial charge in [-0.2, -0.15) is 5.26 Å². The standard InChI is InChI=1S/C11H11N3O2/c1-2-3-6-13-10-5-4-9(8-12)7-11(10)14(15)16/h2,4-5,7,13H,1,3,6H2. The van der Waals surface area contributed by atoms with Gasteiger partial charge in [-0.15, -0.1) is 6.58 Å². The molecule has 1 N–H and O–H groups in total. The van der Waals surface area contributed by atoms with Crippen LogP contribution < -0.4 is 5.32 Å². The molecule has 0 saturated heterocycles. The molecule has 1 aromatic rings. The SMILES string of the molecule is C=CCCNc1ccc(C#N)cc1[N+](=O)[O-]. The topological polar surface area (TPSA) is 79.0 Å². The molecule has 0 amide bonds. The van der Waals surface area contributed by atoms with Gasteiger partial charge in [-0.1, -0.05) is 6.08 Å². The van der Waals surface area contributed by atoms with Crippen LogP contribution in [0.1, 0.15) is 12.0 Å². The third-order valence-corrected chi connectivity index (χ3v) is 1.99. The maximum absolute atomic E-state index is 10.8. The minimum atomic E-state index is -0.503. The first-order valence-electron chi connectivity index (χ1n) is 4.72. The third-order valence-electron chi connectivity index (χ3n) is 1.99. The van der Waals surface area contributed by atoms with E-state index in [2.05, 4.69) is 11.9 Å². The molecule has 0 spiro atoms. The van der Waals surface area contributed by atoms with Gasteiger partial charge in [-0.3, -0.25) is 10.1 Å². The van der Waals surface area contributed by atoms with E-state index in [1.165, 1.54) is 6.07 Å². The lowest BCUT2D eigenvalue weighted by molar-refractivity contribution is -0.384. The van der Waals surface area contributed by atoms with E-state index in [0.29, 0.717) is 12.2 Å². The second-order valence-corrected chi connectivity index (χ2v) is 3.10. The highest BCUT2D eigenvalue weighted by atomic mass is 16.6. The number of hydrogen-bond acceptors (Lipinski definition) is 4. The summed E-state index contributed by atoms with van der Waals surface area (Å²) in [5, 5.41) is 22.3. The number of anilines is 1. The van der Waals surface area contributed by atoms with Crippen molar-refractivity contribution in [1.29, 1.82) is 5.26 Å². The van der Waals surface area contributed by atoms with Crippen LogP contribution in [0.15, 0.2) is 30.9 Å². The highest BCUT2D eigenvalue weighted by Crippen LogP contribution is 2.25. The molecule has 1 aromatic carbocycles. The summed E-state index contributed by atoms with van der Waals surface area (Å²) in [6.07, 6.45) is 2.44. The molecule has 0 heterocycles. The molecule has 0 aliphatic carbocycles. The Morgan fingerprint density at radius 3 is 2.94 bits per heavy atom. The maximum Gasteiger partial charge on any atom is 0.293 e. The Balaban J connectivity index is 2.95. The summed E-state index contributed by atoms with van der Waals surface area (Å²) >= 11 is 0. The van der Waals surface area contributed by atoms with E-state index in [-0.39, 0.29) is 11.3 Å². The lowest BCUT2D eigenvalue weighted by Crippen LogP contribution is -2.03. The average Bonchev–Trinajstić information content (AvgIpc) is 2.29. The normalized spacial score (nSPS) is 9.19. The molecule has 0 atom stereocenters.